The maximum absolute atomic E-state index is 12.6. The molecular weight excluding hydrogens is 378 g/mol. The Bertz CT molecular complexity index is 818. The Morgan fingerprint density at radius 3 is 2.37 bits per heavy atom. The van der Waals surface area contributed by atoms with Gasteiger partial charge in [0.15, 0.2) is 0 Å². The van der Waals surface area contributed by atoms with Crippen molar-refractivity contribution < 1.29 is 4.79 Å². The monoisotopic (exact) mass is 413 g/mol. The van der Waals surface area contributed by atoms with Crippen molar-refractivity contribution in [3.8, 4) is 0 Å². The maximum Gasteiger partial charge on any atom is 0.271 e. The molecule has 0 aliphatic carbocycles. The Balaban J connectivity index is 1.42. The van der Waals surface area contributed by atoms with E-state index in [2.05, 4.69) is 64.8 Å². The van der Waals surface area contributed by atoms with Gasteiger partial charge in [0.2, 0.25) is 5.95 Å². The third-order valence-corrected chi connectivity index (χ3v) is 5.34. The van der Waals surface area contributed by atoms with Gasteiger partial charge in [-0.25, -0.2) is 9.97 Å². The van der Waals surface area contributed by atoms with E-state index in [-0.39, 0.29) is 11.4 Å². The van der Waals surface area contributed by atoms with Crippen LogP contribution in [0.3, 0.4) is 0 Å². The molecule has 3 rings (SSSR count). The molecule has 164 valence electrons. The highest BCUT2D eigenvalue weighted by atomic mass is 16.1. The molecule has 1 N–H and O–H groups in total. The summed E-state index contributed by atoms with van der Waals surface area (Å²) in [6.45, 7) is 16.0. The fourth-order valence-corrected chi connectivity index (χ4v) is 3.68. The standard InChI is InChI=1S/C22H35N7O/c1-17(2)19-16-18(26-29(19)22(3,4)5)20(30)23-10-7-11-27-12-14-28(15-13-27)21-24-8-6-9-25-21/h6,8-9,16-17H,7,10-15H2,1-5H3,(H,23,30). The van der Waals surface area contributed by atoms with E-state index < -0.39 is 0 Å². The lowest BCUT2D eigenvalue weighted by atomic mass is 10.1. The van der Waals surface area contributed by atoms with Crippen LogP contribution in [0.4, 0.5) is 5.95 Å². The quantitative estimate of drug-likeness (QED) is 0.703. The molecule has 0 aromatic carbocycles. The van der Waals surface area contributed by atoms with E-state index in [1.807, 2.05) is 16.8 Å². The summed E-state index contributed by atoms with van der Waals surface area (Å²) in [5.74, 6) is 1.03. The molecule has 8 nitrogen and oxygen atoms in total. The van der Waals surface area contributed by atoms with Crippen LogP contribution in [-0.2, 0) is 5.54 Å². The van der Waals surface area contributed by atoms with Gasteiger partial charge in [0.1, 0.15) is 5.69 Å². The molecule has 1 fully saturated rings. The van der Waals surface area contributed by atoms with Gasteiger partial charge in [-0.1, -0.05) is 13.8 Å². The summed E-state index contributed by atoms with van der Waals surface area (Å²) in [6.07, 6.45) is 4.49. The topological polar surface area (TPSA) is 79.2 Å². The molecule has 0 bridgehead atoms. The van der Waals surface area contributed by atoms with Gasteiger partial charge >= 0.3 is 0 Å². The molecule has 1 aliphatic rings. The zero-order valence-corrected chi connectivity index (χ0v) is 18.9. The number of hydrogen-bond donors (Lipinski definition) is 1. The zero-order chi connectivity index (χ0) is 21.7. The molecule has 2 aromatic rings. The number of nitrogens with zero attached hydrogens (tertiary/aromatic N) is 6. The van der Waals surface area contributed by atoms with Crippen molar-refractivity contribution in [2.45, 2.75) is 52.5 Å². The van der Waals surface area contributed by atoms with Crippen LogP contribution in [-0.4, -0.2) is 69.8 Å². The lowest BCUT2D eigenvalue weighted by Crippen LogP contribution is -2.47. The van der Waals surface area contributed by atoms with E-state index >= 15 is 0 Å². The minimum atomic E-state index is -0.148. The number of anilines is 1. The average molecular weight is 414 g/mol. The van der Waals surface area contributed by atoms with Crippen molar-refractivity contribution in [3.63, 3.8) is 0 Å². The second kappa shape index (κ2) is 9.55. The van der Waals surface area contributed by atoms with Gasteiger partial charge in [-0.3, -0.25) is 14.4 Å². The lowest BCUT2D eigenvalue weighted by molar-refractivity contribution is 0.0945. The predicted octanol–water partition coefficient (Wildman–Crippen LogP) is 2.49. The Kier molecular flexibility index (Phi) is 7.07. The summed E-state index contributed by atoms with van der Waals surface area (Å²) in [7, 11) is 0. The van der Waals surface area contributed by atoms with Crippen molar-refractivity contribution >= 4 is 11.9 Å². The van der Waals surface area contributed by atoms with Crippen molar-refractivity contribution in [2.24, 2.45) is 0 Å². The molecule has 0 spiro atoms. The number of piperazine rings is 1. The lowest BCUT2D eigenvalue weighted by Gasteiger charge is -2.34. The summed E-state index contributed by atoms with van der Waals surface area (Å²) in [6, 6.07) is 3.77. The van der Waals surface area contributed by atoms with Gasteiger partial charge in [0, 0.05) is 50.8 Å². The first-order valence-electron chi connectivity index (χ1n) is 10.9. The SMILES string of the molecule is CC(C)c1cc(C(=O)NCCCN2CCN(c3ncccn3)CC2)nn1C(C)(C)C. The first kappa shape index (κ1) is 22.2. The van der Waals surface area contributed by atoms with Crippen LogP contribution in [0.25, 0.3) is 0 Å². The second-order valence-electron chi connectivity index (χ2n) is 9.18. The molecule has 1 saturated heterocycles. The summed E-state index contributed by atoms with van der Waals surface area (Å²) >= 11 is 0. The first-order valence-corrected chi connectivity index (χ1v) is 10.9. The molecular formula is C22H35N7O. The molecule has 0 saturated carbocycles. The number of nitrogens with one attached hydrogen (secondary N) is 1. The van der Waals surface area contributed by atoms with Crippen molar-refractivity contribution in [3.05, 3.63) is 35.9 Å². The smallest absolute Gasteiger partial charge is 0.271 e. The van der Waals surface area contributed by atoms with Crippen LogP contribution in [0.2, 0.25) is 0 Å². The minimum Gasteiger partial charge on any atom is -0.351 e. The van der Waals surface area contributed by atoms with Crippen molar-refractivity contribution in [1.82, 2.24) is 30.0 Å². The van der Waals surface area contributed by atoms with Crippen molar-refractivity contribution in [2.75, 3.05) is 44.2 Å². The molecule has 0 radical (unpaired) electrons. The normalized spacial score (nSPS) is 15.6. The number of amides is 1. The third kappa shape index (κ3) is 5.56. The molecule has 0 atom stereocenters. The number of rotatable bonds is 7. The van der Waals surface area contributed by atoms with Crippen LogP contribution >= 0.6 is 0 Å². The van der Waals surface area contributed by atoms with Gasteiger partial charge in [0.05, 0.1) is 5.54 Å². The second-order valence-corrected chi connectivity index (χ2v) is 9.18. The summed E-state index contributed by atoms with van der Waals surface area (Å²) in [4.78, 5) is 25.9. The van der Waals surface area contributed by atoms with Gasteiger partial charge in [0.25, 0.3) is 5.91 Å². The van der Waals surface area contributed by atoms with E-state index in [9.17, 15) is 4.79 Å². The predicted molar refractivity (Wildman–Crippen MR) is 119 cm³/mol. The summed E-state index contributed by atoms with van der Waals surface area (Å²) < 4.78 is 1.97. The van der Waals surface area contributed by atoms with E-state index in [0.717, 1.165) is 50.8 Å². The van der Waals surface area contributed by atoms with Gasteiger partial charge in [-0.05, 0) is 51.8 Å². The minimum absolute atomic E-state index is 0.0917. The van der Waals surface area contributed by atoms with Crippen LogP contribution in [0.1, 0.15) is 63.1 Å². The van der Waals surface area contributed by atoms with Crippen LogP contribution in [0, 0.1) is 0 Å². The van der Waals surface area contributed by atoms with Gasteiger partial charge in [-0.2, -0.15) is 5.10 Å². The van der Waals surface area contributed by atoms with Gasteiger partial charge < -0.3 is 10.2 Å². The number of aromatic nitrogens is 4. The zero-order valence-electron chi connectivity index (χ0n) is 18.9. The van der Waals surface area contributed by atoms with Crippen LogP contribution < -0.4 is 10.2 Å². The third-order valence-electron chi connectivity index (χ3n) is 5.34. The fraction of sp³-hybridized carbons (Fsp3) is 0.636. The Morgan fingerprint density at radius 2 is 1.80 bits per heavy atom. The highest BCUT2D eigenvalue weighted by molar-refractivity contribution is 5.92. The van der Waals surface area contributed by atoms with Crippen LogP contribution in [0.15, 0.2) is 24.5 Å². The maximum atomic E-state index is 12.6. The summed E-state index contributed by atoms with van der Waals surface area (Å²) in [5.41, 5.74) is 1.45. The van der Waals surface area contributed by atoms with E-state index in [1.54, 1.807) is 12.4 Å². The molecule has 1 amide bonds. The van der Waals surface area contributed by atoms with Crippen LogP contribution in [0.5, 0.6) is 0 Å². The first-order chi connectivity index (χ1) is 14.3. The molecule has 30 heavy (non-hydrogen) atoms. The molecule has 0 unspecified atom stereocenters. The highest BCUT2D eigenvalue weighted by Crippen LogP contribution is 2.23. The molecule has 8 heteroatoms. The Labute approximate surface area is 179 Å². The molecule has 3 heterocycles. The average Bonchev–Trinajstić information content (AvgIpc) is 3.19. The largest absolute Gasteiger partial charge is 0.351 e. The fourth-order valence-electron chi connectivity index (χ4n) is 3.68. The number of hydrogen-bond acceptors (Lipinski definition) is 6. The Hall–Kier alpha value is -2.48. The van der Waals surface area contributed by atoms with E-state index in [0.29, 0.717) is 18.2 Å². The van der Waals surface area contributed by atoms with E-state index in [4.69, 9.17) is 0 Å². The van der Waals surface area contributed by atoms with E-state index in [1.165, 1.54) is 0 Å². The Morgan fingerprint density at radius 1 is 1.13 bits per heavy atom. The summed E-state index contributed by atoms with van der Waals surface area (Å²) in [5, 5.41) is 7.62. The number of carbonyl (C=O) groups is 1. The van der Waals surface area contributed by atoms with Gasteiger partial charge in [-0.15, -0.1) is 0 Å². The van der Waals surface area contributed by atoms with Crippen molar-refractivity contribution in [1.29, 1.82) is 0 Å². The number of carbonyl (C=O) groups excluding carboxylic acids is 1. The molecule has 2 aromatic heterocycles. The highest BCUT2D eigenvalue weighted by Gasteiger charge is 2.23. The molecule has 1 aliphatic heterocycles.